The van der Waals surface area contributed by atoms with Crippen LogP contribution in [0.1, 0.15) is 27.3 Å². The van der Waals surface area contributed by atoms with Crippen LogP contribution in [0, 0.1) is 19.7 Å². The quantitative estimate of drug-likeness (QED) is 0.631. The van der Waals surface area contributed by atoms with Crippen molar-refractivity contribution in [2.75, 3.05) is 12.3 Å². The fraction of sp³-hybridized carbons (Fsp3) is 0.250. The van der Waals surface area contributed by atoms with Gasteiger partial charge in [0.25, 0.3) is 5.91 Å². The normalized spacial score (nSPS) is 10.8. The topological polar surface area (TPSA) is 59.8 Å². The van der Waals surface area contributed by atoms with E-state index in [2.05, 4.69) is 15.4 Å². The summed E-state index contributed by atoms with van der Waals surface area (Å²) in [6.45, 7) is 4.40. The van der Waals surface area contributed by atoms with Crippen LogP contribution in [0.4, 0.5) is 4.39 Å². The Balaban J connectivity index is 1.47. The second-order valence-electron chi connectivity index (χ2n) is 6.14. The number of aryl methyl sites for hydroxylation is 2. The zero-order valence-electron chi connectivity index (χ0n) is 15.3. The predicted octanol–water partition coefficient (Wildman–Crippen LogP) is 3.69. The van der Waals surface area contributed by atoms with Gasteiger partial charge in [0.15, 0.2) is 5.82 Å². The molecule has 3 aromatic rings. The van der Waals surface area contributed by atoms with Gasteiger partial charge in [0.2, 0.25) is 0 Å². The molecule has 0 atom stereocenters. The number of carbonyl (C=O) groups excluding carboxylic acids is 1. The van der Waals surface area contributed by atoms with Crippen molar-refractivity contribution in [3.8, 4) is 5.82 Å². The van der Waals surface area contributed by atoms with Gasteiger partial charge in [-0.15, -0.1) is 0 Å². The number of nitrogens with zero attached hydrogens (tertiary/aromatic N) is 3. The largest absolute Gasteiger partial charge is 0.351 e. The van der Waals surface area contributed by atoms with Gasteiger partial charge < -0.3 is 5.32 Å². The number of hydrogen-bond acceptors (Lipinski definition) is 4. The number of hydrogen-bond donors (Lipinski definition) is 1. The Kier molecular flexibility index (Phi) is 6.24. The molecule has 7 heteroatoms. The maximum Gasteiger partial charge on any atom is 0.252 e. The molecule has 0 unspecified atom stereocenters. The smallest absolute Gasteiger partial charge is 0.252 e. The van der Waals surface area contributed by atoms with E-state index in [-0.39, 0.29) is 11.7 Å². The van der Waals surface area contributed by atoms with Gasteiger partial charge in [-0.3, -0.25) is 4.79 Å². The first-order valence-electron chi connectivity index (χ1n) is 8.63. The van der Waals surface area contributed by atoms with Crippen LogP contribution < -0.4 is 5.32 Å². The molecule has 0 aliphatic carbocycles. The third-order valence-electron chi connectivity index (χ3n) is 3.98. The molecule has 5 nitrogen and oxygen atoms in total. The highest BCUT2D eigenvalue weighted by Gasteiger charge is 2.09. The number of pyridine rings is 1. The molecular weight excluding hydrogens is 363 g/mol. The average molecular weight is 384 g/mol. The third kappa shape index (κ3) is 4.95. The molecular formula is C20H21FN4OS. The number of carbonyl (C=O) groups is 1. The number of nitrogens with one attached hydrogen (secondary N) is 1. The molecule has 0 bridgehead atoms. The van der Waals surface area contributed by atoms with E-state index in [1.807, 2.05) is 26.0 Å². The summed E-state index contributed by atoms with van der Waals surface area (Å²) in [5, 5.41) is 7.24. The molecule has 0 fully saturated rings. The van der Waals surface area contributed by atoms with Crippen molar-refractivity contribution in [1.82, 2.24) is 20.1 Å². The number of aromatic nitrogens is 3. The first-order chi connectivity index (χ1) is 13.0. The second-order valence-corrected chi connectivity index (χ2v) is 7.25. The molecule has 3 rings (SSSR count). The standard InChI is InChI=1S/C20H21FN4OS/c1-14-11-15(2)25(24-14)19-8-7-16(12-23-19)20(26)22-9-10-27-13-17-5-3-4-6-18(17)21/h3-8,11-12H,9-10,13H2,1-2H3,(H,22,26). The van der Waals surface area contributed by atoms with Gasteiger partial charge in [-0.2, -0.15) is 16.9 Å². The van der Waals surface area contributed by atoms with Crippen molar-refractivity contribution >= 4 is 17.7 Å². The first kappa shape index (κ1) is 19.1. The second kappa shape index (κ2) is 8.81. The highest BCUT2D eigenvalue weighted by Crippen LogP contribution is 2.15. The van der Waals surface area contributed by atoms with Gasteiger partial charge in [-0.05, 0) is 43.7 Å². The van der Waals surface area contributed by atoms with Gasteiger partial charge in [0.05, 0.1) is 11.3 Å². The Morgan fingerprint density at radius 2 is 2.04 bits per heavy atom. The Bertz CT molecular complexity index is 924. The summed E-state index contributed by atoms with van der Waals surface area (Å²) < 4.78 is 15.3. The number of halogens is 1. The molecule has 1 aromatic carbocycles. The molecule has 1 amide bonds. The Labute approximate surface area is 162 Å². The molecule has 0 saturated heterocycles. The van der Waals surface area contributed by atoms with Crippen molar-refractivity contribution in [3.63, 3.8) is 0 Å². The van der Waals surface area contributed by atoms with Crippen LogP contribution in [-0.2, 0) is 5.75 Å². The van der Waals surface area contributed by atoms with Crippen LogP contribution in [0.5, 0.6) is 0 Å². The fourth-order valence-electron chi connectivity index (χ4n) is 2.64. The summed E-state index contributed by atoms with van der Waals surface area (Å²) in [7, 11) is 0. The van der Waals surface area contributed by atoms with E-state index in [0.29, 0.717) is 35.0 Å². The van der Waals surface area contributed by atoms with Crippen LogP contribution in [0.2, 0.25) is 0 Å². The average Bonchev–Trinajstić information content (AvgIpc) is 3.01. The molecule has 0 spiro atoms. The van der Waals surface area contributed by atoms with E-state index in [1.54, 1.807) is 46.9 Å². The fourth-order valence-corrected chi connectivity index (χ4v) is 3.49. The van der Waals surface area contributed by atoms with E-state index in [9.17, 15) is 9.18 Å². The van der Waals surface area contributed by atoms with E-state index in [1.165, 1.54) is 6.07 Å². The predicted molar refractivity (Wildman–Crippen MR) is 106 cm³/mol. The number of amides is 1. The molecule has 2 aromatic heterocycles. The monoisotopic (exact) mass is 384 g/mol. The van der Waals surface area contributed by atoms with Gasteiger partial charge in [0, 0.05) is 29.9 Å². The highest BCUT2D eigenvalue weighted by atomic mass is 32.2. The summed E-state index contributed by atoms with van der Waals surface area (Å²) >= 11 is 1.58. The highest BCUT2D eigenvalue weighted by molar-refractivity contribution is 7.98. The minimum Gasteiger partial charge on any atom is -0.351 e. The molecule has 1 N–H and O–H groups in total. The maximum atomic E-state index is 13.5. The summed E-state index contributed by atoms with van der Waals surface area (Å²) in [6, 6.07) is 12.2. The number of thioether (sulfide) groups is 1. The van der Waals surface area contributed by atoms with Crippen molar-refractivity contribution < 1.29 is 9.18 Å². The van der Waals surface area contributed by atoms with Crippen LogP contribution in [0.15, 0.2) is 48.7 Å². The van der Waals surface area contributed by atoms with Crippen molar-refractivity contribution in [1.29, 1.82) is 0 Å². The SMILES string of the molecule is Cc1cc(C)n(-c2ccc(C(=O)NCCSCc3ccccc3F)cn2)n1. The minimum absolute atomic E-state index is 0.172. The maximum absolute atomic E-state index is 13.5. The molecule has 2 heterocycles. The summed E-state index contributed by atoms with van der Waals surface area (Å²) in [5.74, 6) is 1.60. The molecule has 0 aliphatic rings. The van der Waals surface area contributed by atoms with E-state index in [4.69, 9.17) is 0 Å². The summed E-state index contributed by atoms with van der Waals surface area (Å²) in [4.78, 5) is 16.5. The van der Waals surface area contributed by atoms with Crippen molar-refractivity contribution in [2.24, 2.45) is 0 Å². The lowest BCUT2D eigenvalue weighted by Gasteiger charge is -2.07. The lowest BCUT2D eigenvalue weighted by atomic mass is 10.2. The Morgan fingerprint density at radius 1 is 1.22 bits per heavy atom. The molecule has 0 radical (unpaired) electrons. The lowest BCUT2D eigenvalue weighted by Crippen LogP contribution is -2.26. The van der Waals surface area contributed by atoms with Gasteiger partial charge in [0.1, 0.15) is 5.82 Å². The molecule has 140 valence electrons. The Morgan fingerprint density at radius 3 is 2.70 bits per heavy atom. The molecule has 0 aliphatic heterocycles. The van der Waals surface area contributed by atoms with E-state index < -0.39 is 0 Å². The van der Waals surface area contributed by atoms with Crippen LogP contribution in [-0.4, -0.2) is 33.0 Å². The lowest BCUT2D eigenvalue weighted by molar-refractivity contribution is 0.0956. The van der Waals surface area contributed by atoms with Gasteiger partial charge in [-0.25, -0.2) is 14.1 Å². The van der Waals surface area contributed by atoms with E-state index in [0.717, 1.165) is 11.4 Å². The zero-order valence-corrected chi connectivity index (χ0v) is 16.1. The molecule has 27 heavy (non-hydrogen) atoms. The zero-order chi connectivity index (χ0) is 19.2. The van der Waals surface area contributed by atoms with Crippen molar-refractivity contribution in [3.05, 3.63) is 77.0 Å². The summed E-state index contributed by atoms with van der Waals surface area (Å²) in [6.07, 6.45) is 1.55. The van der Waals surface area contributed by atoms with E-state index >= 15 is 0 Å². The van der Waals surface area contributed by atoms with Crippen LogP contribution >= 0.6 is 11.8 Å². The first-order valence-corrected chi connectivity index (χ1v) is 9.79. The minimum atomic E-state index is -0.192. The Hall–Kier alpha value is -2.67. The van der Waals surface area contributed by atoms with Gasteiger partial charge >= 0.3 is 0 Å². The summed E-state index contributed by atoms with van der Waals surface area (Å²) in [5.41, 5.74) is 3.09. The molecule has 0 saturated carbocycles. The number of rotatable bonds is 7. The van der Waals surface area contributed by atoms with Gasteiger partial charge in [-0.1, -0.05) is 18.2 Å². The van der Waals surface area contributed by atoms with Crippen LogP contribution in [0.25, 0.3) is 5.82 Å². The third-order valence-corrected chi connectivity index (χ3v) is 4.99. The van der Waals surface area contributed by atoms with Crippen LogP contribution in [0.3, 0.4) is 0 Å². The van der Waals surface area contributed by atoms with Crippen molar-refractivity contribution in [2.45, 2.75) is 19.6 Å². The number of benzene rings is 1.